The molecule has 2 rings (SSSR count). The van der Waals surface area contributed by atoms with E-state index in [2.05, 4.69) is 22.9 Å². The molecule has 17 heavy (non-hydrogen) atoms. The summed E-state index contributed by atoms with van der Waals surface area (Å²) < 4.78 is 13.5. The molecule has 0 N–H and O–H groups in total. The van der Waals surface area contributed by atoms with Crippen LogP contribution in [0.3, 0.4) is 0 Å². The van der Waals surface area contributed by atoms with Crippen LogP contribution in [0, 0.1) is 5.82 Å². The number of hydrogen-bond acceptors (Lipinski definition) is 2. The molecule has 1 heterocycles. The first kappa shape index (κ1) is 12.9. The summed E-state index contributed by atoms with van der Waals surface area (Å²) in [4.78, 5) is 14.1. The van der Waals surface area contributed by atoms with E-state index in [4.69, 9.17) is 0 Å². The number of nitrogens with zero attached hydrogens (tertiary/aromatic N) is 1. The van der Waals surface area contributed by atoms with Gasteiger partial charge in [0, 0.05) is 28.6 Å². The van der Waals surface area contributed by atoms with E-state index in [1.807, 2.05) is 16.7 Å². The molecule has 0 spiro atoms. The first-order valence-electron chi connectivity index (χ1n) is 5.44. The average Bonchev–Trinajstić information content (AvgIpc) is 2.28. The third kappa shape index (κ3) is 3.01. The molecule has 0 saturated carbocycles. The largest absolute Gasteiger partial charge is 0.337 e. The van der Waals surface area contributed by atoms with Crippen LogP contribution in [0.1, 0.15) is 17.3 Å². The van der Waals surface area contributed by atoms with Gasteiger partial charge in [-0.1, -0.05) is 6.92 Å². The van der Waals surface area contributed by atoms with Gasteiger partial charge in [0.2, 0.25) is 0 Å². The number of rotatable bonds is 1. The Bertz CT molecular complexity index is 441. The van der Waals surface area contributed by atoms with Crippen LogP contribution in [0.2, 0.25) is 0 Å². The van der Waals surface area contributed by atoms with Crippen LogP contribution in [-0.2, 0) is 0 Å². The van der Waals surface area contributed by atoms with Crippen molar-refractivity contribution < 1.29 is 9.18 Å². The second-order valence-electron chi connectivity index (χ2n) is 4.06. The van der Waals surface area contributed by atoms with Crippen molar-refractivity contribution in [2.24, 2.45) is 0 Å². The van der Waals surface area contributed by atoms with E-state index in [0.29, 0.717) is 15.3 Å². The van der Waals surface area contributed by atoms with Gasteiger partial charge in [0.05, 0.1) is 5.56 Å². The Labute approximate surface area is 113 Å². The van der Waals surface area contributed by atoms with Gasteiger partial charge >= 0.3 is 0 Å². The van der Waals surface area contributed by atoms with Crippen molar-refractivity contribution in [1.82, 2.24) is 4.90 Å². The van der Waals surface area contributed by atoms with Gasteiger partial charge in [0.25, 0.3) is 5.91 Å². The highest BCUT2D eigenvalue weighted by molar-refractivity contribution is 9.10. The number of benzene rings is 1. The minimum atomic E-state index is -0.337. The fraction of sp³-hybridized carbons (Fsp3) is 0.417. The number of hydrogen-bond donors (Lipinski definition) is 0. The van der Waals surface area contributed by atoms with Crippen LogP contribution in [0.5, 0.6) is 0 Å². The maximum atomic E-state index is 13.0. The summed E-state index contributed by atoms with van der Waals surface area (Å²) in [7, 11) is 0. The van der Waals surface area contributed by atoms with Crippen molar-refractivity contribution in [2.45, 2.75) is 12.2 Å². The molecule has 1 aromatic carbocycles. The third-order valence-corrected chi connectivity index (χ3v) is 4.48. The highest BCUT2D eigenvalue weighted by atomic mass is 79.9. The molecule has 1 unspecified atom stereocenters. The predicted molar refractivity (Wildman–Crippen MR) is 71.9 cm³/mol. The highest BCUT2D eigenvalue weighted by Crippen LogP contribution is 2.23. The van der Waals surface area contributed by atoms with Gasteiger partial charge in [-0.2, -0.15) is 11.8 Å². The zero-order valence-electron chi connectivity index (χ0n) is 9.45. The Morgan fingerprint density at radius 2 is 2.35 bits per heavy atom. The molecule has 1 aliphatic heterocycles. The van der Waals surface area contributed by atoms with Crippen molar-refractivity contribution in [1.29, 1.82) is 0 Å². The zero-order valence-corrected chi connectivity index (χ0v) is 11.9. The minimum absolute atomic E-state index is 0.0241. The van der Waals surface area contributed by atoms with E-state index in [9.17, 15) is 9.18 Å². The van der Waals surface area contributed by atoms with Gasteiger partial charge in [-0.15, -0.1) is 0 Å². The number of amides is 1. The van der Waals surface area contributed by atoms with Gasteiger partial charge in [-0.05, 0) is 34.1 Å². The summed E-state index contributed by atoms with van der Waals surface area (Å²) in [6.45, 7) is 3.63. The maximum absolute atomic E-state index is 13.0. The molecule has 1 saturated heterocycles. The molecule has 0 aromatic heterocycles. The molecular formula is C12H13BrFNOS. The average molecular weight is 318 g/mol. The van der Waals surface area contributed by atoms with Gasteiger partial charge in [0.1, 0.15) is 5.82 Å². The Morgan fingerprint density at radius 3 is 3.00 bits per heavy atom. The predicted octanol–water partition coefficient (Wildman–Crippen LogP) is 3.17. The van der Waals surface area contributed by atoms with Crippen LogP contribution in [0.25, 0.3) is 0 Å². The number of carbonyl (C=O) groups is 1. The van der Waals surface area contributed by atoms with E-state index in [1.165, 1.54) is 18.2 Å². The van der Waals surface area contributed by atoms with Crippen LogP contribution in [0.15, 0.2) is 22.7 Å². The topological polar surface area (TPSA) is 20.3 Å². The molecule has 92 valence electrons. The number of halogens is 2. The second-order valence-corrected chi connectivity index (χ2v) is 6.46. The van der Waals surface area contributed by atoms with Crippen molar-refractivity contribution >= 4 is 33.6 Å². The van der Waals surface area contributed by atoms with E-state index in [0.717, 1.165) is 18.8 Å². The summed E-state index contributed by atoms with van der Waals surface area (Å²) in [5.41, 5.74) is 0.533. The normalized spacial score (nSPS) is 20.4. The van der Waals surface area contributed by atoms with Gasteiger partial charge in [0.15, 0.2) is 0 Å². The van der Waals surface area contributed by atoms with Crippen molar-refractivity contribution in [3.05, 3.63) is 34.1 Å². The van der Waals surface area contributed by atoms with Gasteiger partial charge in [-0.25, -0.2) is 4.39 Å². The molecule has 1 fully saturated rings. The van der Waals surface area contributed by atoms with Crippen molar-refractivity contribution in [2.75, 3.05) is 18.8 Å². The van der Waals surface area contributed by atoms with Crippen molar-refractivity contribution in [3.8, 4) is 0 Å². The van der Waals surface area contributed by atoms with E-state index >= 15 is 0 Å². The standard InChI is InChI=1S/C12H13BrFNOS/c1-8-7-15(4-5-17-8)12(16)10-3-2-9(14)6-11(10)13/h2-3,6,8H,4-5,7H2,1H3. The fourth-order valence-electron chi connectivity index (χ4n) is 1.84. The third-order valence-electron chi connectivity index (χ3n) is 2.69. The lowest BCUT2D eigenvalue weighted by atomic mass is 10.2. The SMILES string of the molecule is CC1CN(C(=O)c2ccc(F)cc2Br)CCS1. The number of thioether (sulfide) groups is 1. The summed E-state index contributed by atoms with van der Waals surface area (Å²) >= 11 is 5.11. The Kier molecular flexibility index (Phi) is 4.09. The molecule has 5 heteroatoms. The summed E-state index contributed by atoms with van der Waals surface area (Å²) in [6.07, 6.45) is 0. The molecular weight excluding hydrogens is 305 g/mol. The Hall–Kier alpha value is -0.550. The first-order chi connectivity index (χ1) is 8.08. The lowest BCUT2D eigenvalue weighted by molar-refractivity contribution is 0.0762. The highest BCUT2D eigenvalue weighted by Gasteiger charge is 2.23. The Morgan fingerprint density at radius 1 is 1.59 bits per heavy atom. The quantitative estimate of drug-likeness (QED) is 0.793. The van der Waals surface area contributed by atoms with E-state index < -0.39 is 0 Å². The zero-order chi connectivity index (χ0) is 12.4. The molecule has 1 amide bonds. The summed E-state index contributed by atoms with van der Waals surface area (Å²) in [5, 5.41) is 0.465. The minimum Gasteiger partial charge on any atom is -0.337 e. The lowest BCUT2D eigenvalue weighted by Gasteiger charge is -2.30. The molecule has 0 bridgehead atoms. The van der Waals surface area contributed by atoms with Gasteiger partial charge < -0.3 is 4.90 Å². The monoisotopic (exact) mass is 317 g/mol. The van der Waals surface area contributed by atoms with E-state index in [1.54, 1.807) is 0 Å². The van der Waals surface area contributed by atoms with Crippen molar-refractivity contribution in [3.63, 3.8) is 0 Å². The summed E-state index contributed by atoms with van der Waals surface area (Å²) in [6, 6.07) is 4.18. The molecule has 0 radical (unpaired) electrons. The summed E-state index contributed by atoms with van der Waals surface area (Å²) in [5.74, 6) is 0.603. The van der Waals surface area contributed by atoms with E-state index in [-0.39, 0.29) is 11.7 Å². The molecule has 1 aromatic rings. The smallest absolute Gasteiger partial charge is 0.255 e. The lowest BCUT2D eigenvalue weighted by Crippen LogP contribution is -2.41. The van der Waals surface area contributed by atoms with Crippen LogP contribution < -0.4 is 0 Å². The molecule has 1 atom stereocenters. The molecule has 1 aliphatic rings. The second kappa shape index (κ2) is 5.40. The van der Waals surface area contributed by atoms with Gasteiger partial charge in [-0.3, -0.25) is 4.79 Å². The maximum Gasteiger partial charge on any atom is 0.255 e. The van der Waals surface area contributed by atoms with Crippen LogP contribution in [-0.4, -0.2) is 34.9 Å². The first-order valence-corrected chi connectivity index (χ1v) is 7.28. The Balaban J connectivity index is 2.18. The number of carbonyl (C=O) groups excluding carboxylic acids is 1. The van der Waals surface area contributed by atoms with Crippen LogP contribution >= 0.6 is 27.7 Å². The molecule has 2 nitrogen and oxygen atoms in total. The fourth-order valence-corrected chi connectivity index (χ4v) is 3.37. The molecule has 0 aliphatic carbocycles. The van der Waals surface area contributed by atoms with Crippen LogP contribution in [0.4, 0.5) is 4.39 Å².